The first-order chi connectivity index (χ1) is 13.1. The highest BCUT2D eigenvalue weighted by atomic mass is 32.1. The van der Waals surface area contributed by atoms with Crippen molar-refractivity contribution in [2.45, 2.75) is 20.4 Å². The number of amides is 1. The molecule has 27 heavy (non-hydrogen) atoms. The van der Waals surface area contributed by atoms with E-state index in [4.69, 9.17) is 9.47 Å². The van der Waals surface area contributed by atoms with Gasteiger partial charge in [-0.15, -0.1) is 0 Å². The maximum absolute atomic E-state index is 13.1. The molecule has 2 aromatic heterocycles. The summed E-state index contributed by atoms with van der Waals surface area (Å²) in [7, 11) is 0. The van der Waals surface area contributed by atoms with Gasteiger partial charge in [-0.25, -0.2) is 4.98 Å². The van der Waals surface area contributed by atoms with Crippen LogP contribution in [-0.4, -0.2) is 40.4 Å². The molecule has 140 valence electrons. The molecule has 0 aliphatic carbocycles. The summed E-state index contributed by atoms with van der Waals surface area (Å²) in [6, 6.07) is 9.87. The molecule has 0 saturated heterocycles. The minimum atomic E-state index is -0.254. The number of rotatable bonds is 5. The van der Waals surface area contributed by atoms with Crippen LogP contribution in [0.25, 0.3) is 10.2 Å². The number of fused-ring (bicyclic) bond motifs is 1. The number of hydrogen-bond donors (Lipinski definition) is 0. The van der Waals surface area contributed by atoms with Crippen LogP contribution >= 0.6 is 11.3 Å². The Bertz CT molecular complexity index is 974. The molecule has 8 heteroatoms. The second-order valence-corrected chi connectivity index (χ2v) is 7.28. The average molecular weight is 384 g/mol. The third-order valence-corrected chi connectivity index (χ3v) is 5.32. The fourth-order valence-electron chi connectivity index (χ4n) is 2.97. The highest BCUT2D eigenvalue weighted by Crippen LogP contribution is 2.29. The Hall–Kier alpha value is -2.87. The lowest BCUT2D eigenvalue weighted by Crippen LogP contribution is -2.36. The van der Waals surface area contributed by atoms with Crippen LogP contribution in [0, 0.1) is 13.8 Å². The molecular weight excluding hydrogens is 364 g/mol. The summed E-state index contributed by atoms with van der Waals surface area (Å²) in [5.74, 6) is -0.0517. The number of benzene rings is 1. The lowest BCUT2D eigenvalue weighted by molar-refractivity contribution is -0.119. The fraction of sp³-hybridized carbons (Fsp3) is 0.316. The summed E-state index contributed by atoms with van der Waals surface area (Å²) in [5, 5.41) is 5.12. The van der Waals surface area contributed by atoms with E-state index in [2.05, 4.69) is 10.1 Å². The zero-order valence-corrected chi connectivity index (χ0v) is 16.0. The van der Waals surface area contributed by atoms with Crippen molar-refractivity contribution < 1.29 is 14.3 Å². The molecule has 3 heterocycles. The Morgan fingerprint density at radius 2 is 2.15 bits per heavy atom. The molecular formula is C19H20N4O3S. The number of thiazole rings is 1. The Morgan fingerprint density at radius 1 is 1.30 bits per heavy atom. The van der Waals surface area contributed by atoms with Gasteiger partial charge in [-0.1, -0.05) is 23.5 Å². The normalized spacial score (nSPS) is 13.8. The highest BCUT2D eigenvalue weighted by Gasteiger charge is 2.26. The first kappa shape index (κ1) is 17.5. The lowest BCUT2D eigenvalue weighted by atomic mass is 10.3. The molecule has 0 saturated carbocycles. The molecule has 0 atom stereocenters. The van der Waals surface area contributed by atoms with Crippen molar-refractivity contribution in [3.63, 3.8) is 0 Å². The summed E-state index contributed by atoms with van der Waals surface area (Å²) >= 11 is 1.48. The predicted molar refractivity (Wildman–Crippen MR) is 104 cm³/mol. The van der Waals surface area contributed by atoms with E-state index in [1.807, 2.05) is 48.9 Å². The van der Waals surface area contributed by atoms with Crippen molar-refractivity contribution in [2.75, 3.05) is 24.7 Å². The number of nitrogens with zero attached hydrogens (tertiary/aromatic N) is 4. The van der Waals surface area contributed by atoms with Gasteiger partial charge in [-0.3, -0.25) is 14.4 Å². The first-order valence-electron chi connectivity index (χ1n) is 8.75. The predicted octanol–water partition coefficient (Wildman–Crippen LogP) is 3.03. The van der Waals surface area contributed by atoms with E-state index in [1.54, 1.807) is 4.90 Å². The summed E-state index contributed by atoms with van der Waals surface area (Å²) in [4.78, 5) is 19.4. The maximum atomic E-state index is 13.1. The van der Waals surface area contributed by atoms with Crippen LogP contribution in [0.5, 0.6) is 0 Å². The SMILES string of the molecule is Cc1cc(C)n(CCN(C(=O)C2=COCCO2)c2nc3ccccc3s2)n1. The van der Waals surface area contributed by atoms with Gasteiger partial charge in [0, 0.05) is 12.2 Å². The molecule has 3 aromatic rings. The van der Waals surface area contributed by atoms with Crippen molar-refractivity contribution in [1.29, 1.82) is 0 Å². The van der Waals surface area contributed by atoms with Gasteiger partial charge in [-0.05, 0) is 32.0 Å². The number of para-hydroxylation sites is 1. The van der Waals surface area contributed by atoms with Crippen molar-refractivity contribution in [1.82, 2.24) is 14.8 Å². The largest absolute Gasteiger partial charge is 0.494 e. The third-order valence-electron chi connectivity index (χ3n) is 4.26. The molecule has 0 unspecified atom stereocenters. The van der Waals surface area contributed by atoms with Crippen LogP contribution < -0.4 is 4.90 Å². The average Bonchev–Trinajstić information content (AvgIpc) is 3.25. The Kier molecular flexibility index (Phi) is 4.81. The summed E-state index contributed by atoms with van der Waals surface area (Å²) in [6.07, 6.45) is 1.38. The second-order valence-electron chi connectivity index (χ2n) is 6.27. The van der Waals surface area contributed by atoms with Crippen molar-refractivity contribution in [3.05, 3.63) is 53.7 Å². The van der Waals surface area contributed by atoms with E-state index in [0.29, 0.717) is 31.4 Å². The smallest absolute Gasteiger partial charge is 0.298 e. The zero-order chi connectivity index (χ0) is 18.8. The maximum Gasteiger partial charge on any atom is 0.298 e. The van der Waals surface area contributed by atoms with Crippen LogP contribution in [0.3, 0.4) is 0 Å². The Morgan fingerprint density at radius 3 is 2.85 bits per heavy atom. The number of ether oxygens (including phenoxy) is 2. The highest BCUT2D eigenvalue weighted by molar-refractivity contribution is 7.22. The van der Waals surface area contributed by atoms with Gasteiger partial charge in [0.15, 0.2) is 5.13 Å². The van der Waals surface area contributed by atoms with Gasteiger partial charge in [0.2, 0.25) is 5.76 Å². The van der Waals surface area contributed by atoms with Crippen LogP contribution in [0.4, 0.5) is 5.13 Å². The lowest BCUT2D eigenvalue weighted by Gasteiger charge is -2.23. The van der Waals surface area contributed by atoms with Crippen LogP contribution in [0.15, 0.2) is 42.4 Å². The minimum Gasteiger partial charge on any atom is -0.494 e. The van der Waals surface area contributed by atoms with Crippen LogP contribution in [0.2, 0.25) is 0 Å². The standard InChI is InChI=1S/C19H20N4O3S/c1-13-11-14(2)23(21-13)8-7-22(18(24)16-12-25-9-10-26-16)19-20-15-5-3-4-6-17(15)27-19/h3-6,11-12H,7-10H2,1-2H3. The Balaban J connectivity index is 1.64. The number of carbonyl (C=O) groups excluding carboxylic acids is 1. The minimum absolute atomic E-state index is 0.203. The van der Waals surface area contributed by atoms with E-state index in [0.717, 1.165) is 21.6 Å². The van der Waals surface area contributed by atoms with E-state index < -0.39 is 0 Å². The van der Waals surface area contributed by atoms with Gasteiger partial charge >= 0.3 is 0 Å². The van der Waals surface area contributed by atoms with Gasteiger partial charge in [0.1, 0.15) is 19.5 Å². The van der Waals surface area contributed by atoms with E-state index >= 15 is 0 Å². The molecule has 1 amide bonds. The fourth-order valence-corrected chi connectivity index (χ4v) is 3.96. The van der Waals surface area contributed by atoms with Crippen molar-refractivity contribution >= 4 is 32.6 Å². The molecule has 1 aliphatic heterocycles. The Labute approximate surface area is 160 Å². The van der Waals surface area contributed by atoms with Crippen molar-refractivity contribution in [3.8, 4) is 0 Å². The summed E-state index contributed by atoms with van der Waals surface area (Å²) in [5.41, 5.74) is 2.88. The molecule has 0 radical (unpaired) electrons. The number of hydrogen-bond acceptors (Lipinski definition) is 6. The zero-order valence-electron chi connectivity index (χ0n) is 15.2. The van der Waals surface area contributed by atoms with Crippen LogP contribution in [0.1, 0.15) is 11.4 Å². The molecule has 1 aromatic carbocycles. The number of aromatic nitrogens is 3. The molecule has 4 rings (SSSR count). The molecule has 1 aliphatic rings. The second kappa shape index (κ2) is 7.40. The number of anilines is 1. The van der Waals surface area contributed by atoms with E-state index in [1.165, 1.54) is 17.6 Å². The van der Waals surface area contributed by atoms with Crippen molar-refractivity contribution in [2.24, 2.45) is 0 Å². The van der Waals surface area contributed by atoms with E-state index in [-0.39, 0.29) is 11.7 Å². The number of carbonyl (C=O) groups is 1. The third kappa shape index (κ3) is 3.66. The molecule has 0 spiro atoms. The first-order valence-corrected chi connectivity index (χ1v) is 9.56. The van der Waals surface area contributed by atoms with Gasteiger partial charge in [0.05, 0.1) is 22.5 Å². The number of aryl methyl sites for hydroxylation is 2. The molecule has 0 bridgehead atoms. The molecule has 0 N–H and O–H groups in total. The summed E-state index contributed by atoms with van der Waals surface area (Å²) in [6.45, 7) is 5.77. The van der Waals surface area contributed by atoms with Gasteiger partial charge in [-0.2, -0.15) is 5.10 Å². The van der Waals surface area contributed by atoms with Crippen LogP contribution in [-0.2, 0) is 20.8 Å². The molecule has 0 fully saturated rings. The summed E-state index contributed by atoms with van der Waals surface area (Å²) < 4.78 is 13.7. The van der Waals surface area contributed by atoms with Gasteiger partial charge in [0.25, 0.3) is 5.91 Å². The quantitative estimate of drug-likeness (QED) is 0.676. The topological polar surface area (TPSA) is 69.5 Å². The monoisotopic (exact) mass is 384 g/mol. The molecule has 7 nitrogen and oxygen atoms in total. The van der Waals surface area contributed by atoms with Gasteiger partial charge < -0.3 is 9.47 Å². The van der Waals surface area contributed by atoms with E-state index in [9.17, 15) is 4.79 Å².